The number of nitrogens with zero attached hydrogens (tertiary/aromatic N) is 3. The van der Waals surface area contributed by atoms with Gasteiger partial charge in [-0.25, -0.2) is 4.98 Å². The maximum absolute atomic E-state index is 5.72. The van der Waals surface area contributed by atoms with Crippen LogP contribution >= 0.6 is 0 Å². The van der Waals surface area contributed by atoms with Crippen molar-refractivity contribution in [3.05, 3.63) is 84.9 Å². The summed E-state index contributed by atoms with van der Waals surface area (Å²) in [5, 5.41) is 7.31. The van der Waals surface area contributed by atoms with Crippen LogP contribution in [0.25, 0.3) is 65.7 Å². The summed E-state index contributed by atoms with van der Waals surface area (Å²) in [5.74, 6) is 1.80. The summed E-state index contributed by atoms with van der Waals surface area (Å²) in [6, 6.07) is 30.3. The molecule has 8 rings (SSSR count). The highest BCUT2D eigenvalue weighted by Gasteiger charge is 2.22. The lowest BCUT2D eigenvalue weighted by Gasteiger charge is -2.03. The third-order valence-corrected chi connectivity index (χ3v) is 6.86. The summed E-state index contributed by atoms with van der Waals surface area (Å²) in [7, 11) is 1.73. The van der Waals surface area contributed by atoms with Crippen molar-refractivity contribution in [2.24, 2.45) is 0 Å². The first-order valence-corrected chi connectivity index (χ1v) is 10.8. The molecular formula is C28H17N3O. The number of methoxy groups -OCH3 is 1. The quantitative estimate of drug-likeness (QED) is 0.297. The van der Waals surface area contributed by atoms with Crippen LogP contribution in [0.2, 0.25) is 0 Å². The zero-order chi connectivity index (χ0) is 21.0. The second-order valence-corrected chi connectivity index (χ2v) is 8.53. The first kappa shape index (κ1) is 16.4. The van der Waals surface area contributed by atoms with Gasteiger partial charge >= 0.3 is 0 Å². The van der Waals surface area contributed by atoms with Crippen molar-refractivity contribution in [1.82, 2.24) is 13.8 Å². The van der Waals surface area contributed by atoms with Crippen LogP contribution in [-0.4, -0.2) is 20.9 Å². The zero-order valence-electron chi connectivity index (χ0n) is 17.3. The molecule has 8 aromatic rings. The number of benzene rings is 5. The van der Waals surface area contributed by atoms with E-state index in [0.29, 0.717) is 0 Å². The summed E-state index contributed by atoms with van der Waals surface area (Å²) in [5.41, 5.74) is 5.60. The Bertz CT molecular complexity index is 2030. The van der Waals surface area contributed by atoms with Gasteiger partial charge in [0.15, 0.2) is 0 Å². The normalized spacial score (nSPS) is 12.5. The van der Waals surface area contributed by atoms with Crippen LogP contribution in [0.3, 0.4) is 0 Å². The molecule has 0 aliphatic carbocycles. The monoisotopic (exact) mass is 411 g/mol. The van der Waals surface area contributed by atoms with Gasteiger partial charge in [-0.15, -0.1) is 0 Å². The lowest BCUT2D eigenvalue weighted by atomic mass is 10.1. The van der Waals surface area contributed by atoms with Crippen molar-refractivity contribution < 1.29 is 4.74 Å². The topological polar surface area (TPSA) is 30.9 Å². The summed E-state index contributed by atoms with van der Waals surface area (Å²) in [6.07, 6.45) is 0. The molecule has 32 heavy (non-hydrogen) atoms. The van der Waals surface area contributed by atoms with Gasteiger partial charge in [-0.1, -0.05) is 48.5 Å². The van der Waals surface area contributed by atoms with E-state index in [2.05, 4.69) is 93.7 Å². The molecule has 0 aliphatic heterocycles. The van der Waals surface area contributed by atoms with E-state index in [0.717, 1.165) is 28.1 Å². The van der Waals surface area contributed by atoms with Gasteiger partial charge in [0.2, 0.25) is 5.78 Å². The number of ether oxygens (including phenoxy) is 1. The molecule has 0 unspecified atom stereocenters. The number of imidazole rings is 2. The highest BCUT2D eigenvalue weighted by Crippen LogP contribution is 2.40. The average molecular weight is 411 g/mol. The van der Waals surface area contributed by atoms with Gasteiger partial charge in [0.25, 0.3) is 0 Å². The highest BCUT2D eigenvalue weighted by atomic mass is 16.5. The SMILES string of the molecule is COc1cc2c3cc4ccccc4cc3n3c2c(c1)n1c2cc4ccccc4cc2nc13. The molecule has 0 radical (unpaired) electrons. The van der Waals surface area contributed by atoms with Crippen LogP contribution in [0, 0.1) is 0 Å². The largest absolute Gasteiger partial charge is 0.497 e. The molecule has 0 bridgehead atoms. The summed E-state index contributed by atoms with van der Waals surface area (Å²) < 4.78 is 10.3. The second-order valence-electron chi connectivity index (χ2n) is 8.53. The molecule has 0 atom stereocenters. The molecule has 0 aliphatic rings. The first-order valence-electron chi connectivity index (χ1n) is 10.8. The van der Waals surface area contributed by atoms with Crippen molar-refractivity contribution >= 4 is 65.7 Å². The first-order chi connectivity index (χ1) is 15.8. The predicted molar refractivity (Wildman–Crippen MR) is 131 cm³/mol. The van der Waals surface area contributed by atoms with Crippen LogP contribution in [0.4, 0.5) is 0 Å². The highest BCUT2D eigenvalue weighted by molar-refractivity contribution is 6.19. The Hall–Kier alpha value is -4.31. The molecule has 5 aromatic carbocycles. The van der Waals surface area contributed by atoms with E-state index < -0.39 is 0 Å². The number of hydrogen-bond donors (Lipinski definition) is 0. The number of fused-ring (bicyclic) bond motifs is 10. The molecule has 150 valence electrons. The zero-order valence-corrected chi connectivity index (χ0v) is 17.3. The lowest BCUT2D eigenvalue weighted by molar-refractivity contribution is 0.416. The molecule has 4 heteroatoms. The van der Waals surface area contributed by atoms with Crippen LogP contribution in [0.15, 0.2) is 84.9 Å². The van der Waals surface area contributed by atoms with Gasteiger partial charge < -0.3 is 4.74 Å². The second kappa shape index (κ2) is 5.48. The number of aromatic nitrogens is 3. The molecular weight excluding hydrogens is 394 g/mol. The Balaban J connectivity index is 1.68. The van der Waals surface area contributed by atoms with Crippen molar-refractivity contribution in [1.29, 1.82) is 0 Å². The van der Waals surface area contributed by atoms with Gasteiger partial charge in [-0.2, -0.15) is 0 Å². The standard InChI is InChI=1S/C28H17N3O/c1-32-20-14-22-21-10-16-6-2-4-8-18(16)12-24(21)31-27(22)26(15-20)30-25-13-19-9-5-3-7-17(19)11-23(25)29-28(30)31/h2-15H,1H3. The fourth-order valence-corrected chi connectivity index (χ4v) is 5.42. The van der Waals surface area contributed by atoms with Gasteiger partial charge in [-0.3, -0.25) is 8.80 Å². The third kappa shape index (κ3) is 1.86. The van der Waals surface area contributed by atoms with Gasteiger partial charge in [0.1, 0.15) is 5.75 Å². The predicted octanol–water partition coefficient (Wildman–Crippen LogP) is 6.80. The molecule has 3 aromatic heterocycles. The molecule has 0 saturated carbocycles. The van der Waals surface area contributed by atoms with Crippen molar-refractivity contribution in [2.75, 3.05) is 7.11 Å². The Morgan fingerprint density at radius 3 is 2.00 bits per heavy atom. The van der Waals surface area contributed by atoms with Crippen molar-refractivity contribution in [3.8, 4) is 5.75 Å². The Morgan fingerprint density at radius 1 is 0.625 bits per heavy atom. The molecule has 4 nitrogen and oxygen atoms in total. The molecule has 0 N–H and O–H groups in total. The smallest absolute Gasteiger partial charge is 0.220 e. The van der Waals surface area contributed by atoms with Crippen LogP contribution in [0.5, 0.6) is 5.75 Å². The summed E-state index contributed by atoms with van der Waals surface area (Å²) >= 11 is 0. The fraction of sp³-hybridized carbons (Fsp3) is 0.0357. The molecule has 0 saturated heterocycles. The van der Waals surface area contributed by atoms with Crippen LogP contribution in [0.1, 0.15) is 0 Å². The van der Waals surface area contributed by atoms with E-state index in [4.69, 9.17) is 9.72 Å². The van der Waals surface area contributed by atoms with E-state index >= 15 is 0 Å². The van der Waals surface area contributed by atoms with E-state index in [1.165, 1.54) is 43.4 Å². The van der Waals surface area contributed by atoms with E-state index in [1.807, 2.05) is 0 Å². The molecule has 3 heterocycles. The Morgan fingerprint density at radius 2 is 1.28 bits per heavy atom. The van der Waals surface area contributed by atoms with E-state index in [-0.39, 0.29) is 0 Å². The minimum absolute atomic E-state index is 0.857. The van der Waals surface area contributed by atoms with E-state index in [1.54, 1.807) is 7.11 Å². The fourth-order valence-electron chi connectivity index (χ4n) is 5.42. The molecule has 0 fully saturated rings. The number of hydrogen-bond acceptors (Lipinski definition) is 2. The maximum Gasteiger partial charge on any atom is 0.220 e. The van der Waals surface area contributed by atoms with Crippen molar-refractivity contribution in [3.63, 3.8) is 0 Å². The average Bonchev–Trinajstić information content (AvgIpc) is 3.45. The summed E-state index contributed by atoms with van der Waals surface area (Å²) in [4.78, 5) is 5.13. The molecule has 0 amide bonds. The van der Waals surface area contributed by atoms with E-state index in [9.17, 15) is 0 Å². The third-order valence-electron chi connectivity index (χ3n) is 6.86. The van der Waals surface area contributed by atoms with Gasteiger partial charge in [0.05, 0.1) is 34.7 Å². The Kier molecular flexibility index (Phi) is 2.81. The minimum Gasteiger partial charge on any atom is -0.497 e. The van der Waals surface area contributed by atoms with Gasteiger partial charge in [-0.05, 0) is 51.9 Å². The lowest BCUT2D eigenvalue weighted by Crippen LogP contribution is -1.86. The summed E-state index contributed by atoms with van der Waals surface area (Å²) in [6.45, 7) is 0. The number of rotatable bonds is 1. The molecule has 0 spiro atoms. The van der Waals surface area contributed by atoms with Crippen molar-refractivity contribution in [2.45, 2.75) is 0 Å². The van der Waals surface area contributed by atoms with Crippen LogP contribution in [-0.2, 0) is 0 Å². The van der Waals surface area contributed by atoms with Gasteiger partial charge in [0, 0.05) is 16.8 Å². The minimum atomic E-state index is 0.857. The van der Waals surface area contributed by atoms with Crippen LogP contribution < -0.4 is 4.74 Å². The Labute approximate surface area is 182 Å². The maximum atomic E-state index is 5.72.